The quantitative estimate of drug-likeness (QED) is 0.514. The van der Waals surface area contributed by atoms with Gasteiger partial charge in [-0.15, -0.1) is 0 Å². The molecule has 0 bridgehead atoms. The smallest absolute Gasteiger partial charge is 0.281 e. The lowest BCUT2D eigenvalue weighted by Gasteiger charge is -2.13. The maximum absolute atomic E-state index is 12.7. The second-order valence-electron chi connectivity index (χ2n) is 6.19. The normalized spacial score (nSPS) is 14.7. The average molecular weight is 401 g/mol. The SMILES string of the molecule is N#Cc1ccc(OCc2ccc(/C=C3/NC(=S)N(c4ccccc4)C3=O)o2)cc1. The maximum atomic E-state index is 12.7. The minimum absolute atomic E-state index is 0.227. The van der Waals surface area contributed by atoms with Gasteiger partial charge in [0.25, 0.3) is 5.91 Å². The summed E-state index contributed by atoms with van der Waals surface area (Å²) in [6.45, 7) is 0.227. The second kappa shape index (κ2) is 8.00. The third-order valence-electron chi connectivity index (χ3n) is 4.23. The standard InChI is InChI=1S/C22H15N3O3S/c23-13-15-6-8-17(9-7-15)27-14-19-11-10-18(28-19)12-20-21(26)25(22(29)24-20)16-4-2-1-3-5-16/h1-12H,14H2,(H,24,29)/b20-12+. The van der Waals surface area contributed by atoms with Crippen LogP contribution in [0.2, 0.25) is 0 Å². The highest BCUT2D eigenvalue weighted by Crippen LogP contribution is 2.23. The summed E-state index contributed by atoms with van der Waals surface area (Å²) in [4.78, 5) is 14.2. The Balaban J connectivity index is 1.44. The second-order valence-corrected chi connectivity index (χ2v) is 6.58. The molecule has 7 heteroatoms. The van der Waals surface area contributed by atoms with Crippen molar-refractivity contribution in [1.82, 2.24) is 5.32 Å². The fourth-order valence-electron chi connectivity index (χ4n) is 2.82. The zero-order valence-electron chi connectivity index (χ0n) is 15.2. The number of nitrogens with one attached hydrogen (secondary N) is 1. The van der Waals surface area contributed by atoms with Crippen molar-refractivity contribution in [3.05, 3.63) is 89.5 Å². The number of furan rings is 1. The Labute approximate surface area is 172 Å². The number of nitrogens with zero attached hydrogens (tertiary/aromatic N) is 2. The number of nitriles is 1. The summed E-state index contributed by atoms with van der Waals surface area (Å²) in [6.07, 6.45) is 1.61. The molecular formula is C22H15N3O3S. The van der Waals surface area contributed by atoms with Crippen LogP contribution < -0.4 is 15.0 Å². The van der Waals surface area contributed by atoms with E-state index in [1.807, 2.05) is 30.3 Å². The fourth-order valence-corrected chi connectivity index (χ4v) is 3.12. The van der Waals surface area contributed by atoms with E-state index in [0.717, 1.165) is 0 Å². The predicted octanol–water partition coefficient (Wildman–Crippen LogP) is 3.99. The van der Waals surface area contributed by atoms with Crippen LogP contribution in [0.4, 0.5) is 5.69 Å². The van der Waals surface area contributed by atoms with Gasteiger partial charge in [-0.25, -0.2) is 0 Å². The minimum Gasteiger partial charge on any atom is -0.486 e. The molecule has 0 radical (unpaired) electrons. The number of benzene rings is 2. The van der Waals surface area contributed by atoms with Gasteiger partial charge in [0.1, 0.15) is 29.6 Å². The van der Waals surface area contributed by atoms with E-state index in [1.54, 1.807) is 42.5 Å². The van der Waals surface area contributed by atoms with Crippen LogP contribution in [0.1, 0.15) is 17.1 Å². The molecule has 3 aromatic rings. The summed E-state index contributed by atoms with van der Waals surface area (Å²) < 4.78 is 11.4. The van der Waals surface area contributed by atoms with Gasteiger partial charge in [0.2, 0.25) is 0 Å². The lowest BCUT2D eigenvalue weighted by molar-refractivity contribution is -0.113. The molecule has 1 aromatic heterocycles. The molecule has 1 N–H and O–H groups in total. The first kappa shape index (κ1) is 18.5. The topological polar surface area (TPSA) is 78.5 Å². The molecule has 0 spiro atoms. The summed E-state index contributed by atoms with van der Waals surface area (Å²) >= 11 is 5.29. The Hall–Kier alpha value is -3.89. The Kier molecular flexibility index (Phi) is 5.10. The van der Waals surface area contributed by atoms with Gasteiger partial charge in [-0.05, 0) is 60.7 Å². The number of hydrogen-bond donors (Lipinski definition) is 1. The van der Waals surface area contributed by atoms with Crippen molar-refractivity contribution < 1.29 is 13.9 Å². The predicted molar refractivity (Wildman–Crippen MR) is 112 cm³/mol. The number of carbonyl (C=O) groups is 1. The minimum atomic E-state index is -0.243. The third kappa shape index (κ3) is 4.03. The van der Waals surface area contributed by atoms with Gasteiger partial charge in [0.05, 0.1) is 17.3 Å². The molecule has 6 nitrogen and oxygen atoms in total. The summed E-state index contributed by atoms with van der Waals surface area (Å²) in [5, 5.41) is 12.1. The van der Waals surface area contributed by atoms with Crippen LogP contribution >= 0.6 is 12.2 Å². The van der Waals surface area contributed by atoms with Crippen LogP contribution in [0.15, 0.2) is 76.8 Å². The highest BCUT2D eigenvalue weighted by atomic mass is 32.1. The van der Waals surface area contributed by atoms with E-state index in [4.69, 9.17) is 26.6 Å². The van der Waals surface area contributed by atoms with Crippen molar-refractivity contribution in [2.24, 2.45) is 0 Å². The lowest BCUT2D eigenvalue weighted by Crippen LogP contribution is -2.30. The van der Waals surface area contributed by atoms with E-state index in [9.17, 15) is 4.79 Å². The van der Waals surface area contributed by atoms with Crippen molar-refractivity contribution in [3.63, 3.8) is 0 Å². The number of rotatable bonds is 5. The van der Waals surface area contributed by atoms with Gasteiger partial charge in [-0.3, -0.25) is 9.69 Å². The Bertz CT molecular complexity index is 1130. The number of ether oxygens (including phenoxy) is 1. The first-order valence-electron chi connectivity index (χ1n) is 8.78. The fraction of sp³-hybridized carbons (Fsp3) is 0.0455. The van der Waals surface area contributed by atoms with Crippen LogP contribution in [-0.4, -0.2) is 11.0 Å². The Morgan fingerprint density at radius 3 is 2.59 bits per heavy atom. The van der Waals surface area contributed by atoms with Crippen LogP contribution in [0.5, 0.6) is 5.75 Å². The number of carbonyl (C=O) groups excluding carboxylic acids is 1. The molecule has 0 saturated carbocycles. The molecule has 1 aliphatic heterocycles. The maximum Gasteiger partial charge on any atom is 0.281 e. The van der Waals surface area contributed by atoms with E-state index in [1.165, 1.54) is 4.90 Å². The zero-order valence-corrected chi connectivity index (χ0v) is 16.0. The molecule has 4 rings (SSSR count). The molecule has 1 saturated heterocycles. The van der Waals surface area contributed by atoms with Crippen molar-refractivity contribution in [2.75, 3.05) is 4.90 Å². The van der Waals surface area contributed by atoms with Gasteiger partial charge in [-0.2, -0.15) is 5.26 Å². The number of para-hydroxylation sites is 1. The van der Waals surface area contributed by atoms with E-state index >= 15 is 0 Å². The first-order valence-corrected chi connectivity index (χ1v) is 9.19. The van der Waals surface area contributed by atoms with Gasteiger partial charge in [0.15, 0.2) is 5.11 Å². The van der Waals surface area contributed by atoms with Crippen molar-refractivity contribution >= 4 is 35.0 Å². The Morgan fingerprint density at radius 1 is 1.10 bits per heavy atom. The highest BCUT2D eigenvalue weighted by molar-refractivity contribution is 7.80. The molecule has 0 unspecified atom stereocenters. The average Bonchev–Trinajstić information content (AvgIpc) is 3.31. The van der Waals surface area contributed by atoms with Crippen LogP contribution in [0.25, 0.3) is 6.08 Å². The number of amides is 1. The van der Waals surface area contributed by atoms with Gasteiger partial charge >= 0.3 is 0 Å². The lowest BCUT2D eigenvalue weighted by atomic mass is 10.2. The summed E-state index contributed by atoms with van der Waals surface area (Å²) in [5.74, 6) is 1.51. The molecule has 29 heavy (non-hydrogen) atoms. The molecule has 0 aliphatic carbocycles. The number of hydrogen-bond acceptors (Lipinski definition) is 5. The molecule has 1 fully saturated rings. The molecule has 142 valence electrons. The van der Waals surface area contributed by atoms with E-state index < -0.39 is 0 Å². The van der Waals surface area contributed by atoms with Crippen molar-refractivity contribution in [2.45, 2.75) is 6.61 Å². The molecule has 2 aromatic carbocycles. The largest absolute Gasteiger partial charge is 0.486 e. The van der Waals surface area contributed by atoms with Gasteiger partial charge in [0, 0.05) is 6.08 Å². The monoisotopic (exact) mass is 401 g/mol. The van der Waals surface area contributed by atoms with E-state index in [0.29, 0.717) is 39.3 Å². The molecule has 1 aliphatic rings. The summed E-state index contributed by atoms with van der Waals surface area (Å²) in [5.41, 5.74) is 1.61. The zero-order chi connectivity index (χ0) is 20.2. The van der Waals surface area contributed by atoms with Crippen LogP contribution in [0.3, 0.4) is 0 Å². The molecular weight excluding hydrogens is 386 g/mol. The molecule has 1 amide bonds. The third-order valence-corrected chi connectivity index (χ3v) is 4.51. The first-order chi connectivity index (χ1) is 14.1. The van der Waals surface area contributed by atoms with Gasteiger partial charge < -0.3 is 14.5 Å². The van der Waals surface area contributed by atoms with Crippen LogP contribution in [0, 0.1) is 11.3 Å². The molecule has 2 heterocycles. The van der Waals surface area contributed by atoms with Gasteiger partial charge in [-0.1, -0.05) is 18.2 Å². The van der Waals surface area contributed by atoms with E-state index in [-0.39, 0.29) is 12.5 Å². The van der Waals surface area contributed by atoms with Crippen molar-refractivity contribution in [1.29, 1.82) is 5.26 Å². The number of thiocarbonyl (C=S) groups is 1. The summed E-state index contributed by atoms with van der Waals surface area (Å²) in [7, 11) is 0. The Morgan fingerprint density at radius 2 is 1.86 bits per heavy atom. The van der Waals surface area contributed by atoms with Crippen molar-refractivity contribution in [3.8, 4) is 11.8 Å². The molecule has 0 atom stereocenters. The highest BCUT2D eigenvalue weighted by Gasteiger charge is 2.32. The van der Waals surface area contributed by atoms with E-state index in [2.05, 4.69) is 11.4 Å². The van der Waals surface area contributed by atoms with Crippen LogP contribution in [-0.2, 0) is 11.4 Å². The number of anilines is 1. The summed E-state index contributed by atoms with van der Waals surface area (Å²) in [6, 6.07) is 21.6.